The second-order valence-corrected chi connectivity index (χ2v) is 5.14. The summed E-state index contributed by atoms with van der Waals surface area (Å²) in [5.74, 6) is 0. The fourth-order valence-electron chi connectivity index (χ4n) is 2.38. The quantitative estimate of drug-likeness (QED) is 0.763. The van der Waals surface area contributed by atoms with Crippen molar-refractivity contribution < 1.29 is 0 Å². The van der Waals surface area contributed by atoms with Crippen molar-refractivity contribution in [2.75, 3.05) is 13.6 Å². The minimum Gasteiger partial charge on any atom is -0.358 e. The van der Waals surface area contributed by atoms with E-state index in [9.17, 15) is 0 Å². The first-order valence-electron chi connectivity index (χ1n) is 5.33. The van der Waals surface area contributed by atoms with Crippen LogP contribution in [0.3, 0.4) is 0 Å². The number of rotatable bonds is 0. The van der Waals surface area contributed by atoms with E-state index in [0.717, 1.165) is 30.4 Å². The molecule has 0 bridgehead atoms. The summed E-state index contributed by atoms with van der Waals surface area (Å²) in [5.41, 5.74) is 3.70. The fraction of sp³-hybridized carbons (Fsp3) is 0.333. The Morgan fingerprint density at radius 1 is 1.31 bits per heavy atom. The molecule has 4 heteroatoms. The van der Waals surface area contributed by atoms with Crippen molar-refractivity contribution in [2.24, 2.45) is 0 Å². The Morgan fingerprint density at radius 2 is 2.12 bits per heavy atom. The van der Waals surface area contributed by atoms with Crippen molar-refractivity contribution >= 4 is 34.1 Å². The van der Waals surface area contributed by atoms with E-state index >= 15 is 0 Å². The number of halogens is 2. The number of benzene rings is 1. The highest BCUT2D eigenvalue weighted by Crippen LogP contribution is 2.36. The SMILES string of the molecule is CN1CCc2[nH]c3ccc(Cl)c(Cl)c3c2C1. The number of nitrogens with one attached hydrogen (secondary N) is 1. The lowest BCUT2D eigenvalue weighted by molar-refractivity contribution is 0.313. The first-order chi connectivity index (χ1) is 7.66. The molecule has 0 atom stereocenters. The molecule has 1 aromatic heterocycles. The van der Waals surface area contributed by atoms with Gasteiger partial charge in [-0.05, 0) is 24.7 Å². The maximum absolute atomic E-state index is 6.28. The lowest BCUT2D eigenvalue weighted by Gasteiger charge is -2.22. The lowest BCUT2D eigenvalue weighted by Crippen LogP contribution is -2.26. The number of H-pyrrole nitrogens is 1. The van der Waals surface area contributed by atoms with Gasteiger partial charge in [0.05, 0.1) is 10.0 Å². The Balaban J connectivity index is 2.32. The fourth-order valence-corrected chi connectivity index (χ4v) is 2.81. The molecule has 2 aromatic rings. The van der Waals surface area contributed by atoms with E-state index in [1.165, 1.54) is 11.3 Å². The molecular formula is C12H12Cl2N2. The van der Waals surface area contributed by atoms with Crippen molar-refractivity contribution in [1.29, 1.82) is 0 Å². The molecule has 2 heterocycles. The molecule has 1 aliphatic heterocycles. The zero-order chi connectivity index (χ0) is 11.3. The minimum absolute atomic E-state index is 0.629. The Labute approximate surface area is 104 Å². The third kappa shape index (κ3) is 1.45. The topological polar surface area (TPSA) is 19.0 Å². The molecule has 1 aliphatic rings. The molecular weight excluding hydrogens is 243 g/mol. The van der Waals surface area contributed by atoms with Crippen LogP contribution in [0.15, 0.2) is 12.1 Å². The van der Waals surface area contributed by atoms with Gasteiger partial charge in [0.15, 0.2) is 0 Å². The standard InChI is InChI=1S/C12H12Cl2N2/c1-16-5-4-9-7(6-16)11-10(15-9)3-2-8(13)12(11)14/h2-3,15H,4-6H2,1H3. The van der Waals surface area contributed by atoms with Crippen LogP contribution in [0.25, 0.3) is 10.9 Å². The van der Waals surface area contributed by atoms with Crippen molar-refractivity contribution in [3.63, 3.8) is 0 Å². The number of likely N-dealkylation sites (N-methyl/N-ethyl adjacent to an activating group) is 1. The summed E-state index contributed by atoms with van der Waals surface area (Å²) in [4.78, 5) is 5.73. The molecule has 0 aliphatic carbocycles. The first kappa shape index (κ1) is 10.5. The van der Waals surface area contributed by atoms with Gasteiger partial charge in [0.25, 0.3) is 0 Å². The molecule has 84 valence electrons. The van der Waals surface area contributed by atoms with Gasteiger partial charge in [0.1, 0.15) is 0 Å². The van der Waals surface area contributed by atoms with E-state index in [1.807, 2.05) is 12.1 Å². The zero-order valence-corrected chi connectivity index (χ0v) is 10.5. The van der Waals surface area contributed by atoms with Gasteiger partial charge in [-0.3, -0.25) is 0 Å². The van der Waals surface area contributed by atoms with Crippen LogP contribution >= 0.6 is 23.2 Å². The maximum Gasteiger partial charge on any atom is 0.0689 e. The van der Waals surface area contributed by atoms with Crippen LogP contribution in [-0.4, -0.2) is 23.5 Å². The highest BCUT2D eigenvalue weighted by molar-refractivity contribution is 6.45. The van der Waals surface area contributed by atoms with Crippen molar-refractivity contribution in [1.82, 2.24) is 9.88 Å². The van der Waals surface area contributed by atoms with Crippen LogP contribution in [0.5, 0.6) is 0 Å². The highest BCUT2D eigenvalue weighted by Gasteiger charge is 2.20. The summed E-state index contributed by atoms with van der Waals surface area (Å²) < 4.78 is 0. The molecule has 2 nitrogen and oxygen atoms in total. The van der Waals surface area contributed by atoms with Crippen LogP contribution in [0, 0.1) is 0 Å². The molecule has 0 fully saturated rings. The van der Waals surface area contributed by atoms with Crippen LogP contribution < -0.4 is 0 Å². The summed E-state index contributed by atoms with van der Waals surface area (Å²) in [6.45, 7) is 2.03. The van der Waals surface area contributed by atoms with Crippen LogP contribution in [0.2, 0.25) is 10.0 Å². The Kier molecular flexibility index (Phi) is 2.39. The summed E-state index contributed by atoms with van der Waals surface area (Å²) >= 11 is 12.3. The molecule has 16 heavy (non-hydrogen) atoms. The zero-order valence-electron chi connectivity index (χ0n) is 8.98. The van der Waals surface area contributed by atoms with Crippen molar-refractivity contribution in [3.8, 4) is 0 Å². The number of nitrogens with zero attached hydrogens (tertiary/aromatic N) is 1. The third-order valence-electron chi connectivity index (χ3n) is 3.22. The average molecular weight is 255 g/mol. The summed E-state index contributed by atoms with van der Waals surface area (Å²) in [6, 6.07) is 3.85. The largest absolute Gasteiger partial charge is 0.358 e. The van der Waals surface area contributed by atoms with E-state index in [4.69, 9.17) is 23.2 Å². The van der Waals surface area contributed by atoms with Crippen molar-refractivity contribution in [2.45, 2.75) is 13.0 Å². The van der Waals surface area contributed by atoms with Gasteiger partial charge in [0, 0.05) is 36.1 Å². The number of hydrogen-bond donors (Lipinski definition) is 1. The molecule has 0 radical (unpaired) electrons. The van der Waals surface area contributed by atoms with Gasteiger partial charge in [-0.15, -0.1) is 0 Å². The summed E-state index contributed by atoms with van der Waals surface area (Å²) in [7, 11) is 2.13. The van der Waals surface area contributed by atoms with Gasteiger partial charge in [-0.2, -0.15) is 0 Å². The van der Waals surface area contributed by atoms with Gasteiger partial charge >= 0.3 is 0 Å². The van der Waals surface area contributed by atoms with Crippen LogP contribution in [-0.2, 0) is 13.0 Å². The summed E-state index contributed by atoms with van der Waals surface area (Å²) in [5, 5.41) is 2.40. The minimum atomic E-state index is 0.629. The van der Waals surface area contributed by atoms with Gasteiger partial charge in [-0.1, -0.05) is 23.2 Å². The predicted molar refractivity (Wildman–Crippen MR) is 68.4 cm³/mol. The second-order valence-electron chi connectivity index (χ2n) is 4.35. The molecule has 0 amide bonds. The number of hydrogen-bond acceptors (Lipinski definition) is 1. The van der Waals surface area contributed by atoms with Gasteiger partial charge in [-0.25, -0.2) is 0 Å². The number of fused-ring (bicyclic) bond motifs is 3. The van der Waals surface area contributed by atoms with Crippen LogP contribution in [0.4, 0.5) is 0 Å². The van der Waals surface area contributed by atoms with Gasteiger partial charge < -0.3 is 9.88 Å². The Hall–Kier alpha value is -0.700. The van der Waals surface area contributed by atoms with Crippen LogP contribution in [0.1, 0.15) is 11.3 Å². The predicted octanol–water partition coefficient (Wildman–Crippen LogP) is 3.46. The molecule has 1 N–H and O–H groups in total. The number of aromatic amines is 1. The Morgan fingerprint density at radius 3 is 2.94 bits per heavy atom. The molecule has 0 unspecified atom stereocenters. The monoisotopic (exact) mass is 254 g/mol. The molecule has 0 saturated heterocycles. The smallest absolute Gasteiger partial charge is 0.0689 e. The normalized spacial score (nSPS) is 16.7. The molecule has 0 saturated carbocycles. The Bertz CT molecular complexity index is 560. The lowest BCUT2D eigenvalue weighted by atomic mass is 10.1. The van der Waals surface area contributed by atoms with Crippen molar-refractivity contribution in [3.05, 3.63) is 33.4 Å². The van der Waals surface area contributed by atoms with E-state index in [2.05, 4.69) is 16.9 Å². The van der Waals surface area contributed by atoms with E-state index in [0.29, 0.717) is 10.0 Å². The van der Waals surface area contributed by atoms with E-state index < -0.39 is 0 Å². The van der Waals surface area contributed by atoms with E-state index in [-0.39, 0.29) is 0 Å². The van der Waals surface area contributed by atoms with Gasteiger partial charge in [0.2, 0.25) is 0 Å². The summed E-state index contributed by atoms with van der Waals surface area (Å²) in [6.07, 6.45) is 1.05. The average Bonchev–Trinajstić information content (AvgIpc) is 2.62. The maximum atomic E-state index is 6.28. The van der Waals surface area contributed by atoms with E-state index in [1.54, 1.807) is 0 Å². The highest BCUT2D eigenvalue weighted by atomic mass is 35.5. The third-order valence-corrected chi connectivity index (χ3v) is 4.02. The second kappa shape index (κ2) is 3.66. The molecule has 3 rings (SSSR count). The molecule has 1 aromatic carbocycles. The first-order valence-corrected chi connectivity index (χ1v) is 6.08. The number of aromatic nitrogens is 1. The molecule has 0 spiro atoms.